The number of ketones is 1. The van der Waals surface area contributed by atoms with E-state index >= 15 is 0 Å². The lowest BCUT2D eigenvalue weighted by molar-refractivity contribution is -0.151. The van der Waals surface area contributed by atoms with E-state index in [1.54, 1.807) is 0 Å². The molecular weight excluding hydrogens is 341 g/mol. The molecule has 0 N–H and O–H groups in total. The van der Waals surface area contributed by atoms with E-state index in [1.165, 1.54) is 37.3 Å². The molecule has 1 aromatic rings. The first-order valence-electron chi connectivity index (χ1n) is 6.07. The van der Waals surface area contributed by atoms with Gasteiger partial charge in [0.2, 0.25) is 0 Å². The van der Waals surface area contributed by atoms with Crippen molar-refractivity contribution in [2.24, 2.45) is 0 Å². The number of esters is 1. The normalized spacial score (nSPS) is 12.6. The number of carbonyl (C=O) groups is 2. The second-order valence-corrected chi connectivity index (χ2v) is 5.48. The summed E-state index contributed by atoms with van der Waals surface area (Å²) in [5.41, 5.74) is -5.83. The molecule has 23 heavy (non-hydrogen) atoms. The summed E-state index contributed by atoms with van der Waals surface area (Å²) >= 11 is 0. The third-order valence-electron chi connectivity index (χ3n) is 2.28. The van der Waals surface area contributed by atoms with E-state index in [0.717, 1.165) is 0 Å². The summed E-state index contributed by atoms with van der Waals surface area (Å²) in [6.45, 7) is 1.28. The third kappa shape index (κ3) is 5.09. The van der Waals surface area contributed by atoms with Gasteiger partial charge in [0.05, 0.1) is 6.61 Å². The SMILES string of the molecule is CCOC(=O)C(=O)/C=C(\OS(=O)(=O)C(F)(F)F)c1ccccc1. The van der Waals surface area contributed by atoms with Crippen LogP contribution in [0.1, 0.15) is 12.5 Å². The molecule has 126 valence electrons. The summed E-state index contributed by atoms with van der Waals surface area (Å²) in [6.07, 6.45) is 0.330. The molecule has 0 aliphatic rings. The maximum atomic E-state index is 12.4. The van der Waals surface area contributed by atoms with Crippen LogP contribution in [0, 0.1) is 0 Å². The summed E-state index contributed by atoms with van der Waals surface area (Å²) < 4.78 is 67.8. The molecule has 0 bridgehead atoms. The van der Waals surface area contributed by atoms with Crippen molar-refractivity contribution in [3.05, 3.63) is 42.0 Å². The number of benzene rings is 1. The van der Waals surface area contributed by atoms with E-state index in [9.17, 15) is 31.2 Å². The summed E-state index contributed by atoms with van der Waals surface area (Å²) in [4.78, 5) is 22.8. The number of halogens is 3. The lowest BCUT2D eigenvalue weighted by atomic mass is 10.1. The van der Waals surface area contributed by atoms with Crippen LogP contribution in [0.4, 0.5) is 13.2 Å². The molecule has 0 unspecified atom stereocenters. The predicted octanol–water partition coefficient (Wildman–Crippen LogP) is 2.03. The molecule has 0 saturated heterocycles. The maximum Gasteiger partial charge on any atom is 0.534 e. The molecule has 0 saturated carbocycles. The molecule has 10 heteroatoms. The molecule has 0 aliphatic heterocycles. The van der Waals surface area contributed by atoms with Gasteiger partial charge in [-0.05, 0) is 6.92 Å². The van der Waals surface area contributed by atoms with Crippen LogP contribution in [-0.2, 0) is 28.6 Å². The Hall–Kier alpha value is -2.36. The molecule has 0 atom stereocenters. The molecule has 1 rings (SSSR count). The molecule has 0 aliphatic carbocycles. The highest BCUT2D eigenvalue weighted by Gasteiger charge is 2.49. The van der Waals surface area contributed by atoms with Crippen LogP contribution in [0.15, 0.2) is 36.4 Å². The molecule has 0 aromatic heterocycles. The fraction of sp³-hybridized carbons (Fsp3) is 0.231. The lowest BCUT2D eigenvalue weighted by Crippen LogP contribution is -2.25. The first-order chi connectivity index (χ1) is 10.6. The van der Waals surface area contributed by atoms with Crippen LogP contribution >= 0.6 is 0 Å². The Morgan fingerprint density at radius 3 is 2.22 bits per heavy atom. The zero-order valence-electron chi connectivity index (χ0n) is 11.7. The number of ether oxygens (including phenoxy) is 1. The van der Waals surface area contributed by atoms with Gasteiger partial charge in [-0.25, -0.2) is 4.79 Å². The lowest BCUT2D eigenvalue weighted by Gasteiger charge is -2.12. The van der Waals surface area contributed by atoms with Crippen molar-refractivity contribution >= 4 is 27.6 Å². The average Bonchev–Trinajstić information content (AvgIpc) is 2.46. The second kappa shape index (κ2) is 7.27. The number of hydrogen-bond donors (Lipinski definition) is 0. The zero-order chi connectivity index (χ0) is 17.7. The van der Waals surface area contributed by atoms with Gasteiger partial charge >= 0.3 is 21.6 Å². The monoisotopic (exact) mass is 352 g/mol. The Morgan fingerprint density at radius 1 is 1.17 bits per heavy atom. The number of alkyl halides is 3. The van der Waals surface area contributed by atoms with E-state index in [0.29, 0.717) is 6.08 Å². The van der Waals surface area contributed by atoms with Crippen LogP contribution in [-0.4, -0.2) is 32.3 Å². The summed E-state index contributed by atoms with van der Waals surface area (Å²) in [5.74, 6) is -3.65. The molecule has 0 fully saturated rings. The van der Waals surface area contributed by atoms with Crippen LogP contribution < -0.4 is 0 Å². The van der Waals surface area contributed by atoms with E-state index < -0.39 is 33.1 Å². The van der Waals surface area contributed by atoms with Gasteiger partial charge in [0, 0.05) is 11.6 Å². The molecule has 1 aromatic carbocycles. The number of carbonyl (C=O) groups excluding carboxylic acids is 2. The highest BCUT2D eigenvalue weighted by Crippen LogP contribution is 2.29. The van der Waals surface area contributed by atoms with Crippen molar-refractivity contribution in [1.29, 1.82) is 0 Å². The van der Waals surface area contributed by atoms with E-state index in [1.807, 2.05) is 0 Å². The molecule has 0 radical (unpaired) electrons. The minimum absolute atomic E-state index is 0.138. The average molecular weight is 352 g/mol. The Morgan fingerprint density at radius 2 is 1.74 bits per heavy atom. The topological polar surface area (TPSA) is 86.7 Å². The molecule has 0 heterocycles. The Kier molecular flexibility index (Phi) is 5.91. The van der Waals surface area contributed by atoms with E-state index in [2.05, 4.69) is 8.92 Å². The Bertz CT molecular complexity index is 707. The van der Waals surface area contributed by atoms with Gasteiger partial charge in [-0.3, -0.25) is 4.79 Å². The summed E-state index contributed by atoms with van der Waals surface area (Å²) in [7, 11) is -6.00. The van der Waals surface area contributed by atoms with Crippen LogP contribution in [0.25, 0.3) is 5.76 Å². The first-order valence-corrected chi connectivity index (χ1v) is 7.48. The van der Waals surface area contributed by atoms with Crippen molar-refractivity contribution in [3.63, 3.8) is 0 Å². The van der Waals surface area contributed by atoms with Gasteiger partial charge in [-0.2, -0.15) is 21.6 Å². The quantitative estimate of drug-likeness (QED) is 0.194. The second-order valence-electron chi connectivity index (χ2n) is 3.94. The predicted molar refractivity (Wildman–Crippen MR) is 72.1 cm³/mol. The summed E-state index contributed by atoms with van der Waals surface area (Å²) in [6, 6.07) is 6.67. The van der Waals surface area contributed by atoms with Gasteiger partial charge in [0.15, 0.2) is 5.76 Å². The first kappa shape index (κ1) is 18.7. The fourth-order valence-electron chi connectivity index (χ4n) is 1.30. The van der Waals surface area contributed by atoms with Crippen molar-refractivity contribution in [1.82, 2.24) is 0 Å². The third-order valence-corrected chi connectivity index (χ3v) is 3.25. The maximum absolute atomic E-state index is 12.4. The smallest absolute Gasteiger partial charge is 0.460 e. The molecular formula is C13H11F3O6S. The van der Waals surface area contributed by atoms with Crippen molar-refractivity contribution in [2.75, 3.05) is 6.61 Å². The highest BCUT2D eigenvalue weighted by molar-refractivity contribution is 7.87. The van der Waals surface area contributed by atoms with Gasteiger partial charge in [0.1, 0.15) is 0 Å². The molecule has 0 spiro atoms. The van der Waals surface area contributed by atoms with Crippen LogP contribution in [0.5, 0.6) is 0 Å². The van der Waals surface area contributed by atoms with Crippen LogP contribution in [0.2, 0.25) is 0 Å². The van der Waals surface area contributed by atoms with Crippen molar-refractivity contribution in [2.45, 2.75) is 12.4 Å². The minimum Gasteiger partial charge on any atom is -0.460 e. The van der Waals surface area contributed by atoms with Crippen LogP contribution in [0.3, 0.4) is 0 Å². The van der Waals surface area contributed by atoms with E-state index in [4.69, 9.17) is 0 Å². The van der Waals surface area contributed by atoms with Gasteiger partial charge in [-0.1, -0.05) is 30.3 Å². The van der Waals surface area contributed by atoms with Gasteiger partial charge < -0.3 is 8.92 Å². The number of rotatable bonds is 6. The highest BCUT2D eigenvalue weighted by atomic mass is 32.2. The fourth-order valence-corrected chi connectivity index (χ4v) is 1.78. The van der Waals surface area contributed by atoms with Crippen molar-refractivity contribution in [3.8, 4) is 0 Å². The minimum atomic E-state index is -6.00. The summed E-state index contributed by atoms with van der Waals surface area (Å²) in [5, 5.41) is 0. The van der Waals surface area contributed by atoms with Crippen molar-refractivity contribution < 1.29 is 40.1 Å². The molecule has 0 amide bonds. The van der Waals surface area contributed by atoms with Gasteiger partial charge in [-0.15, -0.1) is 0 Å². The Balaban J connectivity index is 3.25. The van der Waals surface area contributed by atoms with E-state index in [-0.39, 0.29) is 12.2 Å². The largest absolute Gasteiger partial charge is 0.534 e. The zero-order valence-corrected chi connectivity index (χ0v) is 12.5. The Labute approximate surface area is 129 Å². The number of hydrogen-bond acceptors (Lipinski definition) is 6. The standard InChI is InChI=1S/C13H11F3O6S/c1-2-21-12(18)10(17)8-11(9-6-4-3-5-7-9)22-23(19,20)13(14,15)16/h3-8H,2H2,1H3/b11-8-. The van der Waals surface area contributed by atoms with Gasteiger partial charge in [0.25, 0.3) is 5.78 Å². The molecule has 6 nitrogen and oxygen atoms in total.